The van der Waals surface area contributed by atoms with Crippen LogP contribution in [0.15, 0.2) is 58.3 Å². The fourth-order valence-corrected chi connectivity index (χ4v) is 8.89. The Bertz CT molecular complexity index is 1700. The average Bonchev–Trinajstić information content (AvgIpc) is 3.61. The first-order valence-corrected chi connectivity index (χ1v) is 21.2. The van der Waals surface area contributed by atoms with Crippen molar-refractivity contribution in [3.8, 4) is 0 Å². The van der Waals surface area contributed by atoms with Crippen LogP contribution in [-0.4, -0.2) is 61.6 Å². The van der Waals surface area contributed by atoms with Crippen LogP contribution in [0.5, 0.6) is 0 Å². The zero-order valence-corrected chi connectivity index (χ0v) is 34.3. The number of sulfonamides is 1. The molecule has 2 aromatic rings. The third kappa shape index (κ3) is 11.1. The Labute approximate surface area is 316 Å². The lowest BCUT2D eigenvalue weighted by Gasteiger charge is -2.40. The van der Waals surface area contributed by atoms with Gasteiger partial charge < -0.3 is 10.2 Å². The summed E-state index contributed by atoms with van der Waals surface area (Å²) >= 11 is 1.36. The number of allylic oxidation sites excluding steroid dienone is 1. The molecule has 2 amide bonds. The third-order valence-corrected chi connectivity index (χ3v) is 14.3. The lowest BCUT2D eigenvalue weighted by Crippen LogP contribution is -2.52. The zero-order chi connectivity index (χ0) is 38.3. The summed E-state index contributed by atoms with van der Waals surface area (Å²) in [6, 6.07) is 9.88. The van der Waals surface area contributed by atoms with Crippen LogP contribution >= 0.6 is 11.3 Å². The molecule has 2 N–H and O–H groups in total. The zero-order valence-electron chi connectivity index (χ0n) is 32.6. The van der Waals surface area contributed by atoms with Gasteiger partial charge in [0.1, 0.15) is 6.04 Å². The van der Waals surface area contributed by atoms with Gasteiger partial charge in [0.15, 0.2) is 5.84 Å². The molecule has 2 aliphatic rings. The number of aliphatic imine (C=N–C) groups is 2. The van der Waals surface area contributed by atoms with Gasteiger partial charge in [-0.25, -0.2) is 18.4 Å². The number of thiophene rings is 1. The first-order valence-electron chi connectivity index (χ1n) is 18.9. The van der Waals surface area contributed by atoms with Crippen LogP contribution in [-0.2, 0) is 26.7 Å². The Morgan fingerprint density at radius 1 is 0.962 bits per heavy atom. The smallest absolute Gasteiger partial charge is 0.262 e. The van der Waals surface area contributed by atoms with E-state index in [0.717, 1.165) is 52.5 Å². The van der Waals surface area contributed by atoms with Crippen molar-refractivity contribution in [2.24, 2.45) is 27.7 Å². The molecular formula is C41H61N5O4S2. The molecule has 2 fully saturated rings. The SMILES string of the molecule is C=NC(=N/C=C(\C)N1CCC(C2CCC(CCC)CC2)CC1)c1ccc(CC(NC(=O)c2ccc(C(C)(C)C)s2)C(=O)NS(=O)(=O)C(C)(C)C)cc1. The minimum Gasteiger partial charge on any atom is -0.374 e. The number of hydrogen-bond acceptors (Lipinski definition) is 7. The van der Waals surface area contributed by atoms with E-state index in [1.54, 1.807) is 6.07 Å². The highest BCUT2D eigenvalue weighted by Crippen LogP contribution is 2.39. The number of amidine groups is 1. The molecule has 1 unspecified atom stereocenters. The Morgan fingerprint density at radius 3 is 2.12 bits per heavy atom. The normalized spacial score (nSPS) is 20.3. The van der Waals surface area contributed by atoms with Crippen molar-refractivity contribution in [2.75, 3.05) is 13.1 Å². The van der Waals surface area contributed by atoms with Crippen LogP contribution in [0.2, 0.25) is 0 Å². The highest BCUT2D eigenvalue weighted by molar-refractivity contribution is 7.91. The molecule has 2 heterocycles. The summed E-state index contributed by atoms with van der Waals surface area (Å²) in [6.07, 6.45) is 12.7. The van der Waals surface area contributed by atoms with Crippen molar-refractivity contribution in [3.05, 3.63) is 69.2 Å². The number of likely N-dealkylation sites (tertiary alicyclic amines) is 1. The molecule has 1 aliphatic heterocycles. The van der Waals surface area contributed by atoms with Crippen molar-refractivity contribution < 1.29 is 18.0 Å². The van der Waals surface area contributed by atoms with E-state index in [0.29, 0.717) is 10.7 Å². The van der Waals surface area contributed by atoms with Crippen LogP contribution in [0.4, 0.5) is 0 Å². The average molecular weight is 752 g/mol. The second-order valence-electron chi connectivity index (χ2n) is 16.7. The fraction of sp³-hybridized carbons (Fsp3) is 0.610. The highest BCUT2D eigenvalue weighted by Gasteiger charge is 2.34. The van der Waals surface area contributed by atoms with Crippen LogP contribution in [0, 0.1) is 17.8 Å². The van der Waals surface area contributed by atoms with Gasteiger partial charge in [0.05, 0.1) is 9.62 Å². The van der Waals surface area contributed by atoms with Crippen LogP contribution < -0.4 is 10.0 Å². The number of piperidine rings is 1. The number of amides is 2. The molecule has 11 heteroatoms. The van der Waals surface area contributed by atoms with Crippen molar-refractivity contribution in [3.63, 3.8) is 0 Å². The van der Waals surface area contributed by atoms with E-state index in [2.05, 4.69) is 61.3 Å². The molecule has 1 saturated carbocycles. The maximum Gasteiger partial charge on any atom is 0.262 e. The van der Waals surface area contributed by atoms with Gasteiger partial charge in [0.25, 0.3) is 11.8 Å². The summed E-state index contributed by atoms with van der Waals surface area (Å²) in [6.45, 7) is 21.0. The van der Waals surface area contributed by atoms with Crippen LogP contribution in [0.3, 0.4) is 0 Å². The minimum atomic E-state index is -4.00. The van der Waals surface area contributed by atoms with Gasteiger partial charge in [0, 0.05) is 41.8 Å². The number of hydrogen-bond donors (Lipinski definition) is 2. The molecule has 1 saturated heterocycles. The molecule has 0 radical (unpaired) electrons. The lowest BCUT2D eigenvalue weighted by atomic mass is 9.72. The van der Waals surface area contributed by atoms with Crippen molar-refractivity contribution in [1.82, 2.24) is 14.9 Å². The van der Waals surface area contributed by atoms with Crippen molar-refractivity contribution in [2.45, 2.75) is 129 Å². The van der Waals surface area contributed by atoms with E-state index in [4.69, 9.17) is 4.99 Å². The van der Waals surface area contributed by atoms with E-state index in [9.17, 15) is 18.0 Å². The minimum absolute atomic E-state index is 0.0815. The third-order valence-electron chi connectivity index (χ3n) is 10.7. The number of nitrogens with zero attached hydrogens (tertiary/aromatic N) is 3. The molecule has 1 aromatic carbocycles. The molecule has 4 rings (SSSR count). The Morgan fingerprint density at radius 2 is 1.58 bits per heavy atom. The van der Waals surface area contributed by atoms with E-state index in [-0.39, 0.29) is 11.8 Å². The van der Waals surface area contributed by atoms with E-state index >= 15 is 0 Å². The summed E-state index contributed by atoms with van der Waals surface area (Å²) in [4.78, 5) is 39.5. The molecule has 1 aliphatic carbocycles. The van der Waals surface area contributed by atoms with Gasteiger partial charge in [-0.3, -0.25) is 14.3 Å². The van der Waals surface area contributed by atoms with E-state index in [1.807, 2.05) is 36.5 Å². The Hall–Kier alpha value is -3.31. The Balaban J connectivity index is 1.42. The molecule has 0 bridgehead atoms. The first-order chi connectivity index (χ1) is 24.4. The first kappa shape index (κ1) is 41.4. The molecule has 1 aromatic heterocycles. The summed E-state index contributed by atoms with van der Waals surface area (Å²) in [5.74, 6) is 1.92. The highest BCUT2D eigenvalue weighted by atomic mass is 32.2. The molecule has 0 spiro atoms. The van der Waals surface area contributed by atoms with Gasteiger partial charge in [-0.1, -0.05) is 77.6 Å². The fourth-order valence-electron chi connectivity index (χ4n) is 7.21. The standard InChI is InChI=1S/C41H61N5O4S2/c1-10-11-29-12-16-31(17-13-29)32-22-24-46(25-23-32)28(2)27-43-37(42-9)33-18-14-30(15-19-33)26-34(38(47)45-52(49,50)41(6,7)8)44-39(48)35-20-21-36(51-35)40(3,4)5/h14-15,18-21,27,29,31-32,34H,9-13,16-17,22-26H2,1-8H3,(H,44,48)(H,45,47)/b28-27+,43-37?. The topological polar surface area (TPSA) is 120 Å². The van der Waals surface area contributed by atoms with Crippen molar-refractivity contribution >= 4 is 45.7 Å². The number of benzene rings is 1. The second-order valence-corrected chi connectivity index (χ2v) is 20.2. The van der Waals surface area contributed by atoms with E-state index in [1.165, 1.54) is 83.5 Å². The quantitative estimate of drug-likeness (QED) is 0.167. The second kappa shape index (κ2) is 17.7. The van der Waals surface area contributed by atoms with Gasteiger partial charge in [0.2, 0.25) is 10.0 Å². The van der Waals surface area contributed by atoms with Gasteiger partial charge in [-0.05, 0) is 101 Å². The predicted molar refractivity (Wildman–Crippen MR) is 216 cm³/mol. The lowest BCUT2D eigenvalue weighted by molar-refractivity contribution is -0.121. The van der Waals surface area contributed by atoms with Gasteiger partial charge in [-0.2, -0.15) is 0 Å². The van der Waals surface area contributed by atoms with Gasteiger partial charge >= 0.3 is 0 Å². The number of nitrogens with one attached hydrogen (secondary N) is 2. The van der Waals surface area contributed by atoms with E-state index < -0.39 is 32.6 Å². The molecule has 1 atom stereocenters. The summed E-state index contributed by atoms with van der Waals surface area (Å²) in [7, 11) is -4.00. The molecular weight excluding hydrogens is 691 g/mol. The molecule has 52 heavy (non-hydrogen) atoms. The maximum absolute atomic E-state index is 13.4. The maximum atomic E-state index is 13.4. The van der Waals surface area contributed by atoms with Crippen molar-refractivity contribution in [1.29, 1.82) is 0 Å². The molecule has 9 nitrogen and oxygen atoms in total. The molecule has 286 valence electrons. The summed E-state index contributed by atoms with van der Waals surface area (Å²) < 4.78 is 26.7. The van der Waals surface area contributed by atoms with Crippen LogP contribution in [0.1, 0.15) is 132 Å². The summed E-state index contributed by atoms with van der Waals surface area (Å²) in [5, 5.41) is 2.79. The Kier molecular flexibility index (Phi) is 14.1. The predicted octanol–water partition coefficient (Wildman–Crippen LogP) is 8.26. The van der Waals surface area contributed by atoms with Crippen LogP contribution in [0.25, 0.3) is 0 Å². The number of rotatable bonds is 12. The largest absolute Gasteiger partial charge is 0.374 e. The van der Waals surface area contributed by atoms with Gasteiger partial charge in [-0.15, -0.1) is 11.3 Å². The number of carbonyl (C=O) groups is 2. The summed E-state index contributed by atoms with van der Waals surface area (Å²) in [5.41, 5.74) is 2.46. The number of carbonyl (C=O) groups excluding carboxylic acids is 2. The monoisotopic (exact) mass is 751 g/mol.